The number of carbonyl (C=O) groups is 1. The van der Waals surface area contributed by atoms with E-state index in [0.29, 0.717) is 5.92 Å². The van der Waals surface area contributed by atoms with Gasteiger partial charge in [-0.05, 0) is 79.7 Å². The maximum Gasteiger partial charge on any atom is 0.307 e. The summed E-state index contributed by atoms with van der Waals surface area (Å²) in [5, 5.41) is 10.3. The van der Waals surface area contributed by atoms with Crippen LogP contribution in [0.4, 0.5) is 4.39 Å². The third-order valence-electron chi connectivity index (χ3n) is 6.13. The summed E-state index contributed by atoms with van der Waals surface area (Å²) in [6.07, 6.45) is 7.56. The Morgan fingerprint density at radius 2 is 1.91 bits per heavy atom. The Labute approximate surface area is 134 Å². The number of pyridine rings is 1. The van der Waals surface area contributed by atoms with Gasteiger partial charge in [0, 0.05) is 11.6 Å². The molecule has 0 aliphatic heterocycles. The van der Waals surface area contributed by atoms with Crippen molar-refractivity contribution in [2.45, 2.75) is 44.4 Å². The Morgan fingerprint density at radius 1 is 1.17 bits per heavy atom. The van der Waals surface area contributed by atoms with Crippen LogP contribution in [0.25, 0.3) is 10.9 Å². The van der Waals surface area contributed by atoms with E-state index in [1.165, 1.54) is 6.07 Å². The van der Waals surface area contributed by atoms with Gasteiger partial charge in [-0.25, -0.2) is 4.39 Å². The number of hydrogen-bond acceptors (Lipinski definition) is 2. The second-order valence-corrected chi connectivity index (χ2v) is 7.13. The highest BCUT2D eigenvalue weighted by molar-refractivity contribution is 5.82. The number of rotatable bonds is 2. The molecular weight excluding hydrogens is 293 g/mol. The largest absolute Gasteiger partial charge is 0.481 e. The van der Waals surface area contributed by atoms with Crippen LogP contribution in [0.1, 0.15) is 50.0 Å². The molecule has 0 saturated heterocycles. The summed E-state index contributed by atoms with van der Waals surface area (Å²) in [5.41, 5.74) is 2.02. The van der Waals surface area contributed by atoms with Gasteiger partial charge in [0.05, 0.1) is 11.4 Å². The van der Waals surface area contributed by atoms with Gasteiger partial charge >= 0.3 is 5.97 Å². The van der Waals surface area contributed by atoms with Crippen LogP contribution in [0.5, 0.6) is 0 Å². The van der Waals surface area contributed by atoms with Gasteiger partial charge in [0.1, 0.15) is 5.82 Å². The van der Waals surface area contributed by atoms with Gasteiger partial charge in [-0.3, -0.25) is 9.78 Å². The van der Waals surface area contributed by atoms with Crippen molar-refractivity contribution in [3.05, 3.63) is 41.8 Å². The zero-order valence-corrected chi connectivity index (χ0v) is 13.0. The summed E-state index contributed by atoms with van der Waals surface area (Å²) >= 11 is 0. The molecule has 1 aromatic heterocycles. The number of aromatic nitrogens is 1. The van der Waals surface area contributed by atoms with Crippen molar-refractivity contribution in [1.82, 2.24) is 4.98 Å². The highest BCUT2D eigenvalue weighted by Crippen LogP contribution is 2.58. The summed E-state index contributed by atoms with van der Waals surface area (Å²) in [6, 6.07) is 6.75. The zero-order chi connectivity index (χ0) is 16.0. The highest BCUT2D eigenvalue weighted by Gasteiger charge is 2.51. The third kappa shape index (κ3) is 2.32. The standard InChI is InChI=1S/C19H20FNO2/c20-13-1-2-17-15(11-13)14(6-10-21-17)12-3-7-19(8-4-12)9-5-16(19)18(22)23/h1-2,6,10-12,16H,3-5,7-9H2,(H,22,23)/t12?,16-,19?/m0/s1. The number of carboxylic acids is 1. The van der Waals surface area contributed by atoms with Gasteiger partial charge in [0.25, 0.3) is 0 Å². The molecule has 0 bridgehead atoms. The number of halogens is 1. The van der Waals surface area contributed by atoms with Gasteiger partial charge < -0.3 is 5.11 Å². The molecule has 0 amide bonds. The van der Waals surface area contributed by atoms with Crippen molar-refractivity contribution >= 4 is 16.9 Å². The lowest BCUT2D eigenvalue weighted by Gasteiger charge is -2.51. The molecule has 0 radical (unpaired) electrons. The van der Waals surface area contributed by atoms with E-state index in [1.54, 1.807) is 18.3 Å². The van der Waals surface area contributed by atoms with Crippen LogP contribution >= 0.6 is 0 Å². The van der Waals surface area contributed by atoms with E-state index < -0.39 is 5.97 Å². The molecule has 1 atom stereocenters. The molecule has 0 unspecified atom stereocenters. The number of nitrogens with zero attached hydrogens (tertiary/aromatic N) is 1. The quantitative estimate of drug-likeness (QED) is 0.887. The van der Waals surface area contributed by atoms with Gasteiger partial charge in [-0.1, -0.05) is 0 Å². The first-order valence-electron chi connectivity index (χ1n) is 8.36. The minimum atomic E-state index is -0.633. The maximum atomic E-state index is 13.6. The fourth-order valence-corrected chi connectivity index (χ4v) is 4.68. The van der Waals surface area contributed by atoms with Crippen LogP contribution in [0, 0.1) is 17.2 Å². The summed E-state index contributed by atoms with van der Waals surface area (Å²) in [5.74, 6) is -0.645. The Balaban J connectivity index is 1.60. The average Bonchev–Trinajstić information content (AvgIpc) is 2.53. The Bertz CT molecular complexity index is 765. The fourth-order valence-electron chi connectivity index (χ4n) is 4.68. The predicted molar refractivity (Wildman–Crippen MR) is 85.7 cm³/mol. The molecule has 23 heavy (non-hydrogen) atoms. The lowest BCUT2D eigenvalue weighted by molar-refractivity contribution is -0.157. The van der Waals surface area contributed by atoms with Gasteiger partial charge in [-0.15, -0.1) is 0 Å². The Kier molecular flexibility index (Phi) is 3.36. The van der Waals surface area contributed by atoms with Gasteiger partial charge in [0.2, 0.25) is 0 Å². The van der Waals surface area contributed by atoms with E-state index >= 15 is 0 Å². The topological polar surface area (TPSA) is 50.2 Å². The smallest absolute Gasteiger partial charge is 0.307 e. The van der Waals surface area contributed by atoms with Crippen molar-refractivity contribution in [2.24, 2.45) is 11.3 Å². The Morgan fingerprint density at radius 3 is 2.57 bits per heavy atom. The van der Waals surface area contributed by atoms with Crippen LogP contribution in [0.3, 0.4) is 0 Å². The molecule has 1 heterocycles. The van der Waals surface area contributed by atoms with Crippen molar-refractivity contribution in [3.63, 3.8) is 0 Å². The van der Waals surface area contributed by atoms with E-state index in [1.807, 2.05) is 6.07 Å². The summed E-state index contributed by atoms with van der Waals surface area (Å²) in [4.78, 5) is 15.7. The third-order valence-corrected chi connectivity index (χ3v) is 6.13. The lowest BCUT2D eigenvalue weighted by Crippen LogP contribution is -2.46. The zero-order valence-electron chi connectivity index (χ0n) is 13.0. The summed E-state index contributed by atoms with van der Waals surface area (Å²) in [6.45, 7) is 0. The van der Waals surface area contributed by atoms with E-state index in [0.717, 1.165) is 55.0 Å². The molecule has 4 rings (SSSR count). The molecule has 3 nitrogen and oxygen atoms in total. The van der Waals surface area contributed by atoms with Crippen molar-refractivity contribution < 1.29 is 14.3 Å². The van der Waals surface area contributed by atoms with Crippen LogP contribution in [-0.2, 0) is 4.79 Å². The lowest BCUT2D eigenvalue weighted by atomic mass is 9.52. The van der Waals surface area contributed by atoms with Crippen LogP contribution in [0.15, 0.2) is 30.5 Å². The summed E-state index contributed by atoms with van der Waals surface area (Å²) in [7, 11) is 0. The minimum Gasteiger partial charge on any atom is -0.481 e. The molecule has 2 fully saturated rings. The number of benzene rings is 1. The molecule has 2 aliphatic rings. The van der Waals surface area contributed by atoms with E-state index in [4.69, 9.17) is 0 Å². The second-order valence-electron chi connectivity index (χ2n) is 7.13. The first-order valence-corrected chi connectivity index (χ1v) is 8.36. The molecular formula is C19H20FNO2. The van der Waals surface area contributed by atoms with Crippen LogP contribution in [0.2, 0.25) is 0 Å². The van der Waals surface area contributed by atoms with Crippen molar-refractivity contribution in [3.8, 4) is 0 Å². The number of fused-ring (bicyclic) bond motifs is 1. The van der Waals surface area contributed by atoms with Crippen LogP contribution < -0.4 is 0 Å². The van der Waals surface area contributed by atoms with E-state index in [2.05, 4.69) is 4.98 Å². The molecule has 1 N–H and O–H groups in total. The number of hydrogen-bond donors (Lipinski definition) is 1. The van der Waals surface area contributed by atoms with Crippen molar-refractivity contribution in [2.75, 3.05) is 0 Å². The molecule has 2 aromatic rings. The van der Waals surface area contributed by atoms with Crippen LogP contribution in [-0.4, -0.2) is 16.1 Å². The highest BCUT2D eigenvalue weighted by atomic mass is 19.1. The molecule has 2 aliphatic carbocycles. The number of aliphatic carboxylic acids is 1. The normalized spacial score (nSPS) is 30.3. The van der Waals surface area contributed by atoms with Gasteiger partial charge in [-0.2, -0.15) is 0 Å². The molecule has 1 aromatic carbocycles. The summed E-state index contributed by atoms with van der Waals surface area (Å²) < 4.78 is 13.6. The second kappa shape index (κ2) is 5.29. The number of carboxylic acid groups (broad SMARTS) is 1. The maximum absolute atomic E-state index is 13.6. The Hall–Kier alpha value is -1.97. The van der Waals surface area contributed by atoms with Gasteiger partial charge in [0.15, 0.2) is 0 Å². The molecule has 1 spiro atoms. The van der Waals surface area contributed by atoms with E-state index in [9.17, 15) is 14.3 Å². The minimum absolute atomic E-state index is 0.0242. The first-order chi connectivity index (χ1) is 11.1. The fraction of sp³-hybridized carbons (Fsp3) is 0.474. The SMILES string of the molecule is O=C(O)[C@@H]1CCC12CCC(c1ccnc3ccc(F)cc13)CC2. The first kappa shape index (κ1) is 14.6. The predicted octanol–water partition coefficient (Wildman–Crippen LogP) is 4.51. The average molecular weight is 313 g/mol. The molecule has 120 valence electrons. The van der Waals surface area contributed by atoms with E-state index in [-0.39, 0.29) is 17.2 Å². The monoisotopic (exact) mass is 313 g/mol. The molecule has 2 saturated carbocycles. The molecule has 4 heteroatoms. The van der Waals surface area contributed by atoms with Crippen molar-refractivity contribution in [1.29, 1.82) is 0 Å².